The van der Waals surface area contributed by atoms with Gasteiger partial charge in [0.2, 0.25) is 0 Å². The molecule has 0 aromatic heterocycles. The van der Waals surface area contributed by atoms with Crippen molar-refractivity contribution in [1.82, 2.24) is 4.90 Å². The van der Waals surface area contributed by atoms with Gasteiger partial charge < -0.3 is 5.73 Å². The van der Waals surface area contributed by atoms with Gasteiger partial charge in [-0.2, -0.15) is 0 Å². The predicted molar refractivity (Wildman–Crippen MR) is 71.6 cm³/mol. The third-order valence-electron chi connectivity index (χ3n) is 3.59. The van der Waals surface area contributed by atoms with E-state index in [2.05, 4.69) is 0 Å². The number of imide groups is 1. The average Bonchev–Trinajstić information content (AvgIpc) is 2.67. The molecule has 0 saturated carbocycles. The van der Waals surface area contributed by atoms with Crippen molar-refractivity contribution in [2.45, 2.75) is 25.3 Å². The van der Waals surface area contributed by atoms with Gasteiger partial charge in [0.05, 0.1) is 16.2 Å². The zero-order valence-corrected chi connectivity index (χ0v) is 11.0. The third kappa shape index (κ3) is 1.79. The maximum atomic E-state index is 12.3. The van der Waals surface area contributed by atoms with Crippen molar-refractivity contribution in [3.63, 3.8) is 0 Å². The molecule has 19 heavy (non-hydrogen) atoms. The number of fused-ring (bicyclic) bond motifs is 1. The van der Waals surface area contributed by atoms with Crippen LogP contribution in [0, 0.1) is 0 Å². The van der Waals surface area contributed by atoms with Gasteiger partial charge in [-0.15, -0.1) is 0 Å². The number of halogens is 1. The molecule has 1 aliphatic heterocycles. The Balaban J connectivity index is 2.08. The van der Waals surface area contributed by atoms with E-state index in [-0.39, 0.29) is 17.9 Å². The van der Waals surface area contributed by atoms with E-state index in [0.29, 0.717) is 28.3 Å². The monoisotopic (exact) mass is 276 g/mol. The van der Waals surface area contributed by atoms with Gasteiger partial charge in [-0.1, -0.05) is 23.7 Å². The lowest BCUT2D eigenvalue weighted by Crippen LogP contribution is -2.35. The molecule has 1 aromatic rings. The van der Waals surface area contributed by atoms with Crippen LogP contribution >= 0.6 is 11.6 Å². The van der Waals surface area contributed by atoms with Crippen molar-refractivity contribution in [3.8, 4) is 0 Å². The lowest BCUT2D eigenvalue weighted by Gasteiger charge is -2.26. The second-order valence-electron chi connectivity index (χ2n) is 4.78. The van der Waals surface area contributed by atoms with E-state index < -0.39 is 0 Å². The largest absolute Gasteiger partial charge is 0.323 e. The number of hydrogen-bond donors (Lipinski definition) is 1. The number of nitrogens with two attached hydrogens (primary N) is 1. The Morgan fingerprint density at radius 3 is 2.32 bits per heavy atom. The van der Waals surface area contributed by atoms with Crippen LogP contribution in [-0.2, 0) is 0 Å². The Morgan fingerprint density at radius 2 is 1.74 bits per heavy atom. The molecule has 0 bridgehead atoms. The van der Waals surface area contributed by atoms with Crippen molar-refractivity contribution in [2.75, 3.05) is 0 Å². The van der Waals surface area contributed by atoms with E-state index in [9.17, 15) is 9.59 Å². The normalized spacial score (nSPS) is 23.1. The van der Waals surface area contributed by atoms with Crippen LogP contribution in [0.1, 0.15) is 40.0 Å². The second-order valence-corrected chi connectivity index (χ2v) is 5.19. The van der Waals surface area contributed by atoms with Crippen LogP contribution in [0.2, 0.25) is 0 Å². The highest BCUT2D eigenvalue weighted by atomic mass is 35.5. The summed E-state index contributed by atoms with van der Waals surface area (Å²) in [7, 11) is 0. The minimum atomic E-state index is -0.303. The Morgan fingerprint density at radius 1 is 1.16 bits per heavy atom. The standard InChI is InChI=1S/C14H13ClN2O2/c15-12-10(16)6-3-7-11(12)17-13(18)8-4-1-2-5-9(8)14(17)19/h1-2,4-5,10H,3,6-7,16H2. The molecule has 5 heteroatoms. The molecule has 1 atom stereocenters. The quantitative estimate of drug-likeness (QED) is 0.800. The van der Waals surface area contributed by atoms with Gasteiger partial charge in [0.15, 0.2) is 0 Å². The summed E-state index contributed by atoms with van der Waals surface area (Å²) in [6, 6.07) is 6.53. The van der Waals surface area contributed by atoms with Gasteiger partial charge >= 0.3 is 0 Å². The highest BCUT2D eigenvalue weighted by molar-refractivity contribution is 6.31. The number of carbonyl (C=O) groups excluding carboxylic acids is 2. The first-order chi connectivity index (χ1) is 9.11. The number of amides is 2. The first-order valence-electron chi connectivity index (χ1n) is 6.23. The summed E-state index contributed by atoms with van der Waals surface area (Å²) in [6.45, 7) is 0. The summed E-state index contributed by atoms with van der Waals surface area (Å²) < 4.78 is 0. The molecule has 0 fully saturated rings. The summed E-state index contributed by atoms with van der Waals surface area (Å²) in [5, 5.41) is 0.431. The van der Waals surface area contributed by atoms with Crippen LogP contribution in [-0.4, -0.2) is 22.8 Å². The van der Waals surface area contributed by atoms with E-state index in [0.717, 1.165) is 12.8 Å². The zero-order chi connectivity index (χ0) is 13.6. The molecule has 1 aromatic carbocycles. The number of allylic oxidation sites excluding steroid dienone is 1. The Bertz CT molecular complexity index is 574. The number of benzene rings is 1. The lowest BCUT2D eigenvalue weighted by atomic mass is 9.99. The maximum Gasteiger partial charge on any atom is 0.265 e. The van der Waals surface area contributed by atoms with Crippen molar-refractivity contribution in [1.29, 1.82) is 0 Å². The number of carbonyl (C=O) groups is 2. The second kappa shape index (κ2) is 4.47. The fourth-order valence-corrected chi connectivity index (χ4v) is 2.89. The molecule has 2 aliphatic rings. The molecule has 3 rings (SSSR count). The Labute approximate surface area is 115 Å². The van der Waals surface area contributed by atoms with Crippen LogP contribution in [0.3, 0.4) is 0 Å². The average molecular weight is 277 g/mol. The molecule has 1 aliphatic carbocycles. The van der Waals surface area contributed by atoms with Crippen molar-refractivity contribution in [3.05, 3.63) is 46.1 Å². The van der Waals surface area contributed by atoms with E-state index in [1.165, 1.54) is 4.90 Å². The summed E-state index contributed by atoms with van der Waals surface area (Å²) in [6.07, 6.45) is 2.23. The number of nitrogens with zero attached hydrogens (tertiary/aromatic N) is 1. The summed E-state index contributed by atoms with van der Waals surface area (Å²) in [5.74, 6) is -0.606. The highest BCUT2D eigenvalue weighted by Gasteiger charge is 2.39. The van der Waals surface area contributed by atoms with Gasteiger partial charge in [-0.3, -0.25) is 9.59 Å². The molecular weight excluding hydrogens is 264 g/mol. The van der Waals surface area contributed by atoms with Crippen LogP contribution < -0.4 is 5.73 Å². The van der Waals surface area contributed by atoms with Gasteiger partial charge in [-0.05, 0) is 31.4 Å². The maximum absolute atomic E-state index is 12.3. The van der Waals surface area contributed by atoms with E-state index in [4.69, 9.17) is 17.3 Å². The molecule has 98 valence electrons. The molecule has 0 saturated heterocycles. The number of hydrogen-bond acceptors (Lipinski definition) is 3. The van der Waals surface area contributed by atoms with Gasteiger partial charge in [-0.25, -0.2) is 4.90 Å². The molecule has 0 radical (unpaired) electrons. The molecular formula is C14H13ClN2O2. The number of rotatable bonds is 1. The summed E-state index contributed by atoms with van der Waals surface area (Å²) >= 11 is 6.20. The topological polar surface area (TPSA) is 63.4 Å². The van der Waals surface area contributed by atoms with Crippen LogP contribution in [0.5, 0.6) is 0 Å². The van der Waals surface area contributed by atoms with Crippen LogP contribution in [0.15, 0.2) is 35.0 Å². The van der Waals surface area contributed by atoms with Crippen LogP contribution in [0.4, 0.5) is 0 Å². The first kappa shape index (κ1) is 12.4. The molecule has 4 nitrogen and oxygen atoms in total. The fourth-order valence-electron chi connectivity index (χ4n) is 2.60. The van der Waals surface area contributed by atoms with Crippen molar-refractivity contribution < 1.29 is 9.59 Å². The van der Waals surface area contributed by atoms with E-state index in [1.807, 2.05) is 0 Å². The minimum absolute atomic E-state index is 0.283. The summed E-state index contributed by atoms with van der Waals surface area (Å²) in [4.78, 5) is 25.8. The first-order valence-corrected chi connectivity index (χ1v) is 6.61. The lowest BCUT2D eigenvalue weighted by molar-refractivity contribution is 0.0695. The highest BCUT2D eigenvalue weighted by Crippen LogP contribution is 2.34. The minimum Gasteiger partial charge on any atom is -0.323 e. The van der Waals surface area contributed by atoms with Gasteiger partial charge in [0.25, 0.3) is 11.8 Å². The van der Waals surface area contributed by atoms with Gasteiger partial charge in [0.1, 0.15) is 0 Å². The molecule has 1 unspecified atom stereocenters. The fraction of sp³-hybridized carbons (Fsp3) is 0.286. The van der Waals surface area contributed by atoms with Crippen LogP contribution in [0.25, 0.3) is 0 Å². The molecule has 2 amide bonds. The molecule has 0 spiro atoms. The Kier molecular flexibility index (Phi) is 2.92. The smallest absolute Gasteiger partial charge is 0.265 e. The van der Waals surface area contributed by atoms with E-state index in [1.54, 1.807) is 24.3 Å². The molecule has 2 N–H and O–H groups in total. The van der Waals surface area contributed by atoms with Crippen molar-refractivity contribution >= 4 is 23.4 Å². The SMILES string of the molecule is NC1CCCC(N2C(=O)c3ccccc3C2=O)=C1Cl. The van der Waals surface area contributed by atoms with Gasteiger partial charge in [0, 0.05) is 11.7 Å². The van der Waals surface area contributed by atoms with E-state index >= 15 is 0 Å². The third-order valence-corrected chi connectivity index (χ3v) is 4.09. The Hall–Kier alpha value is -1.65. The zero-order valence-electron chi connectivity index (χ0n) is 10.2. The van der Waals surface area contributed by atoms with Crippen molar-refractivity contribution in [2.24, 2.45) is 5.73 Å². The predicted octanol–water partition coefficient (Wildman–Crippen LogP) is 2.24. The summed E-state index contributed by atoms with van der Waals surface area (Å²) in [5.41, 5.74) is 7.32. The molecule has 1 heterocycles.